The SMILES string of the molecule is CCCCCC1(N)CNCCN1Cc1ccccc1. The highest BCUT2D eigenvalue weighted by Crippen LogP contribution is 2.21. The fourth-order valence-electron chi connectivity index (χ4n) is 2.82. The van der Waals surface area contributed by atoms with E-state index < -0.39 is 0 Å². The first-order chi connectivity index (χ1) is 9.24. The lowest BCUT2D eigenvalue weighted by Gasteiger charge is -2.45. The van der Waals surface area contributed by atoms with E-state index in [4.69, 9.17) is 5.73 Å². The third kappa shape index (κ3) is 4.03. The van der Waals surface area contributed by atoms with Crippen molar-refractivity contribution >= 4 is 0 Å². The molecule has 0 aliphatic carbocycles. The monoisotopic (exact) mass is 261 g/mol. The van der Waals surface area contributed by atoms with Crippen molar-refractivity contribution in [2.75, 3.05) is 19.6 Å². The predicted molar refractivity (Wildman–Crippen MR) is 80.8 cm³/mol. The van der Waals surface area contributed by atoms with Crippen molar-refractivity contribution in [1.82, 2.24) is 10.2 Å². The number of rotatable bonds is 6. The Labute approximate surface area is 117 Å². The molecule has 3 nitrogen and oxygen atoms in total. The van der Waals surface area contributed by atoms with E-state index >= 15 is 0 Å². The van der Waals surface area contributed by atoms with Crippen molar-refractivity contribution in [3.05, 3.63) is 35.9 Å². The summed E-state index contributed by atoms with van der Waals surface area (Å²) in [5, 5.41) is 3.45. The quantitative estimate of drug-likeness (QED) is 0.772. The molecule has 1 aliphatic rings. The molecule has 0 saturated carbocycles. The van der Waals surface area contributed by atoms with Crippen LogP contribution in [0.15, 0.2) is 30.3 Å². The van der Waals surface area contributed by atoms with Crippen LogP contribution in [0, 0.1) is 0 Å². The summed E-state index contributed by atoms with van der Waals surface area (Å²) >= 11 is 0. The molecule has 1 aromatic rings. The molecule has 3 N–H and O–H groups in total. The van der Waals surface area contributed by atoms with Crippen LogP contribution in [-0.4, -0.2) is 30.2 Å². The number of unbranched alkanes of at least 4 members (excludes halogenated alkanes) is 2. The van der Waals surface area contributed by atoms with Gasteiger partial charge in [0.1, 0.15) is 0 Å². The summed E-state index contributed by atoms with van der Waals surface area (Å²) in [4.78, 5) is 2.45. The average Bonchev–Trinajstić information content (AvgIpc) is 2.43. The van der Waals surface area contributed by atoms with Gasteiger partial charge in [-0.2, -0.15) is 0 Å². The van der Waals surface area contributed by atoms with E-state index in [1.807, 2.05) is 0 Å². The minimum absolute atomic E-state index is 0.177. The number of benzene rings is 1. The van der Waals surface area contributed by atoms with E-state index in [9.17, 15) is 0 Å². The summed E-state index contributed by atoms with van der Waals surface area (Å²) < 4.78 is 0. The van der Waals surface area contributed by atoms with Gasteiger partial charge < -0.3 is 11.1 Å². The number of nitrogens with one attached hydrogen (secondary N) is 1. The molecule has 0 bridgehead atoms. The molecule has 0 spiro atoms. The van der Waals surface area contributed by atoms with Gasteiger partial charge in [-0.25, -0.2) is 0 Å². The average molecular weight is 261 g/mol. The molecule has 1 atom stereocenters. The normalized spacial score (nSPS) is 24.5. The fourth-order valence-corrected chi connectivity index (χ4v) is 2.82. The summed E-state index contributed by atoms with van der Waals surface area (Å²) in [5.74, 6) is 0. The topological polar surface area (TPSA) is 41.3 Å². The predicted octanol–water partition coefficient (Wildman–Crippen LogP) is 2.33. The molecule has 1 saturated heterocycles. The molecule has 1 fully saturated rings. The maximum absolute atomic E-state index is 6.66. The van der Waals surface area contributed by atoms with Crippen molar-refractivity contribution < 1.29 is 0 Å². The van der Waals surface area contributed by atoms with Gasteiger partial charge >= 0.3 is 0 Å². The second-order valence-electron chi connectivity index (χ2n) is 5.64. The summed E-state index contributed by atoms with van der Waals surface area (Å²) in [6.07, 6.45) is 4.83. The largest absolute Gasteiger partial charge is 0.312 e. The second-order valence-corrected chi connectivity index (χ2v) is 5.64. The van der Waals surface area contributed by atoms with Gasteiger partial charge in [-0.05, 0) is 12.0 Å². The van der Waals surface area contributed by atoms with Gasteiger partial charge in [0.15, 0.2) is 0 Å². The molecule has 0 amide bonds. The Balaban J connectivity index is 1.98. The highest BCUT2D eigenvalue weighted by Gasteiger charge is 2.34. The number of hydrogen-bond acceptors (Lipinski definition) is 3. The van der Waals surface area contributed by atoms with Gasteiger partial charge in [-0.3, -0.25) is 4.90 Å². The van der Waals surface area contributed by atoms with E-state index in [0.717, 1.165) is 32.6 Å². The highest BCUT2D eigenvalue weighted by molar-refractivity contribution is 5.15. The summed E-state index contributed by atoms with van der Waals surface area (Å²) in [5.41, 5.74) is 7.83. The first-order valence-corrected chi connectivity index (χ1v) is 7.53. The van der Waals surface area contributed by atoms with Crippen LogP contribution in [0.1, 0.15) is 38.2 Å². The van der Waals surface area contributed by atoms with Crippen molar-refractivity contribution in [1.29, 1.82) is 0 Å². The maximum Gasteiger partial charge on any atom is 0.0818 e. The van der Waals surface area contributed by atoms with Crippen molar-refractivity contribution in [2.45, 2.75) is 44.8 Å². The van der Waals surface area contributed by atoms with Crippen LogP contribution in [0.25, 0.3) is 0 Å². The maximum atomic E-state index is 6.66. The molecule has 1 unspecified atom stereocenters. The standard InChI is InChI=1S/C16H27N3/c1-2-3-7-10-16(17)14-18-11-12-19(16)13-15-8-5-4-6-9-15/h4-6,8-9,18H,2-3,7,10-14,17H2,1H3. The molecule has 1 heterocycles. The third-order valence-electron chi connectivity index (χ3n) is 4.05. The lowest BCUT2D eigenvalue weighted by molar-refractivity contribution is 0.0471. The van der Waals surface area contributed by atoms with Crippen molar-refractivity contribution in [3.63, 3.8) is 0 Å². The first kappa shape index (κ1) is 14.5. The Morgan fingerprint density at radius 1 is 1.26 bits per heavy atom. The zero-order valence-corrected chi connectivity index (χ0v) is 12.1. The smallest absolute Gasteiger partial charge is 0.0818 e. The van der Waals surface area contributed by atoms with Crippen LogP contribution in [0.4, 0.5) is 0 Å². The Hall–Kier alpha value is -0.900. The lowest BCUT2D eigenvalue weighted by Crippen LogP contribution is -2.66. The molecule has 106 valence electrons. The zero-order valence-electron chi connectivity index (χ0n) is 12.1. The fraction of sp³-hybridized carbons (Fsp3) is 0.625. The molecular formula is C16H27N3. The van der Waals surface area contributed by atoms with Gasteiger partial charge in [0, 0.05) is 26.2 Å². The lowest BCUT2D eigenvalue weighted by atomic mass is 9.97. The Morgan fingerprint density at radius 3 is 2.79 bits per heavy atom. The molecule has 1 aromatic carbocycles. The van der Waals surface area contributed by atoms with Gasteiger partial charge in [-0.15, -0.1) is 0 Å². The number of piperazine rings is 1. The van der Waals surface area contributed by atoms with E-state index in [0.29, 0.717) is 0 Å². The van der Waals surface area contributed by atoms with Crippen LogP contribution < -0.4 is 11.1 Å². The zero-order chi connectivity index (χ0) is 13.6. The molecular weight excluding hydrogens is 234 g/mol. The van der Waals surface area contributed by atoms with Crippen LogP contribution >= 0.6 is 0 Å². The molecule has 0 aromatic heterocycles. The molecule has 2 rings (SSSR count). The summed E-state index contributed by atoms with van der Waals surface area (Å²) in [6, 6.07) is 10.7. The Kier molecular flexibility index (Phi) is 5.37. The number of hydrogen-bond donors (Lipinski definition) is 2. The molecule has 0 radical (unpaired) electrons. The van der Waals surface area contributed by atoms with Gasteiger partial charge in [-0.1, -0.05) is 56.5 Å². The number of nitrogens with two attached hydrogens (primary N) is 1. The van der Waals surface area contributed by atoms with E-state index in [1.165, 1.54) is 24.8 Å². The van der Waals surface area contributed by atoms with Gasteiger partial charge in [0.25, 0.3) is 0 Å². The van der Waals surface area contributed by atoms with Gasteiger partial charge in [0.2, 0.25) is 0 Å². The molecule has 3 heteroatoms. The second kappa shape index (κ2) is 7.04. The number of nitrogens with zero attached hydrogens (tertiary/aromatic N) is 1. The Bertz CT molecular complexity index is 366. The summed E-state index contributed by atoms with van der Waals surface area (Å²) in [7, 11) is 0. The molecule has 19 heavy (non-hydrogen) atoms. The van der Waals surface area contributed by atoms with Crippen molar-refractivity contribution in [3.8, 4) is 0 Å². The minimum atomic E-state index is -0.177. The van der Waals surface area contributed by atoms with Crippen LogP contribution in [0.3, 0.4) is 0 Å². The highest BCUT2D eigenvalue weighted by atomic mass is 15.3. The van der Waals surface area contributed by atoms with E-state index in [1.54, 1.807) is 0 Å². The first-order valence-electron chi connectivity index (χ1n) is 7.53. The third-order valence-corrected chi connectivity index (χ3v) is 4.05. The molecule has 1 aliphatic heterocycles. The summed E-state index contributed by atoms with van der Waals surface area (Å²) in [6.45, 7) is 6.19. The van der Waals surface area contributed by atoms with E-state index in [2.05, 4.69) is 47.5 Å². The Morgan fingerprint density at radius 2 is 2.05 bits per heavy atom. The van der Waals surface area contributed by atoms with E-state index in [-0.39, 0.29) is 5.66 Å². The van der Waals surface area contributed by atoms with Gasteiger partial charge in [0.05, 0.1) is 5.66 Å². The minimum Gasteiger partial charge on any atom is -0.312 e. The van der Waals surface area contributed by atoms with Crippen LogP contribution in [-0.2, 0) is 6.54 Å². The van der Waals surface area contributed by atoms with Crippen LogP contribution in [0.2, 0.25) is 0 Å². The van der Waals surface area contributed by atoms with Crippen molar-refractivity contribution in [2.24, 2.45) is 5.73 Å². The van der Waals surface area contributed by atoms with Crippen LogP contribution in [0.5, 0.6) is 0 Å².